The summed E-state index contributed by atoms with van der Waals surface area (Å²) in [6.45, 7) is 4.08. The number of H-pyrrole nitrogens is 1. The van der Waals surface area contributed by atoms with Crippen molar-refractivity contribution in [3.05, 3.63) is 46.6 Å². The third-order valence-electron chi connectivity index (χ3n) is 3.90. The van der Waals surface area contributed by atoms with Gasteiger partial charge in [-0.3, -0.25) is 4.79 Å². The zero-order valence-electron chi connectivity index (χ0n) is 15.0. The molecule has 3 aromatic rings. The minimum absolute atomic E-state index is 0.0444. The fraction of sp³-hybridized carbons (Fsp3) is 0.278. The van der Waals surface area contributed by atoms with Crippen LogP contribution in [0.15, 0.2) is 29.6 Å². The van der Waals surface area contributed by atoms with Crippen LogP contribution >= 0.6 is 11.3 Å². The van der Waals surface area contributed by atoms with E-state index in [1.54, 1.807) is 6.92 Å². The first kappa shape index (κ1) is 18.7. The van der Waals surface area contributed by atoms with Crippen molar-refractivity contribution in [1.82, 2.24) is 20.6 Å². The van der Waals surface area contributed by atoms with Gasteiger partial charge in [-0.25, -0.2) is 4.79 Å². The highest BCUT2D eigenvalue weighted by molar-refractivity contribution is 7.15. The number of hydrogen-bond donors (Lipinski definition) is 2. The fourth-order valence-electron chi connectivity index (χ4n) is 2.56. The Morgan fingerprint density at radius 1 is 1.22 bits per heavy atom. The molecule has 2 N–H and O–H groups in total. The number of aromatic amines is 1. The second-order valence-corrected chi connectivity index (χ2v) is 6.56. The lowest BCUT2D eigenvalue weighted by Crippen LogP contribution is -2.17. The first-order valence-electron chi connectivity index (χ1n) is 8.52. The zero-order chi connectivity index (χ0) is 19.2. The molecule has 0 saturated carbocycles. The number of esters is 1. The van der Waals surface area contributed by atoms with E-state index in [0.717, 1.165) is 17.5 Å². The van der Waals surface area contributed by atoms with Crippen LogP contribution in [0.3, 0.4) is 0 Å². The minimum Gasteiger partial charge on any atom is -0.462 e. The number of tetrazole rings is 1. The monoisotopic (exact) mass is 385 g/mol. The molecule has 0 radical (unpaired) electrons. The highest BCUT2D eigenvalue weighted by Crippen LogP contribution is 2.36. The Balaban J connectivity index is 1.90. The fourth-order valence-corrected chi connectivity index (χ4v) is 3.53. The quantitative estimate of drug-likeness (QED) is 0.605. The number of ether oxygens (including phenoxy) is 1. The van der Waals surface area contributed by atoms with E-state index in [0.29, 0.717) is 10.6 Å². The van der Waals surface area contributed by atoms with Gasteiger partial charge in [0.05, 0.1) is 13.0 Å². The Labute approximate surface area is 160 Å². The maximum absolute atomic E-state index is 12.5. The van der Waals surface area contributed by atoms with Gasteiger partial charge in [-0.1, -0.05) is 36.4 Å². The smallest absolute Gasteiger partial charge is 0.341 e. The molecule has 9 heteroatoms. The highest BCUT2D eigenvalue weighted by atomic mass is 32.1. The number of carbonyl (C=O) groups is 2. The van der Waals surface area contributed by atoms with E-state index in [9.17, 15) is 9.59 Å². The van der Waals surface area contributed by atoms with E-state index in [1.165, 1.54) is 16.9 Å². The highest BCUT2D eigenvalue weighted by Gasteiger charge is 2.23. The summed E-state index contributed by atoms with van der Waals surface area (Å²) in [5, 5.41) is 18.3. The predicted molar refractivity (Wildman–Crippen MR) is 102 cm³/mol. The second-order valence-electron chi connectivity index (χ2n) is 5.68. The summed E-state index contributed by atoms with van der Waals surface area (Å²) in [6, 6.07) is 7.98. The van der Waals surface area contributed by atoms with Crippen molar-refractivity contribution in [2.75, 3.05) is 11.9 Å². The number of carbonyl (C=O) groups excluding carboxylic acids is 2. The van der Waals surface area contributed by atoms with Crippen LogP contribution in [-0.2, 0) is 22.4 Å². The summed E-state index contributed by atoms with van der Waals surface area (Å²) in [5.74, 6) is -0.531. The SMILES string of the molecule is CCOC(=O)c1c(-c2ccc(CC)cc2)csc1NC(=O)Cc1nn[nH]n1. The molecule has 1 amide bonds. The van der Waals surface area contributed by atoms with Crippen molar-refractivity contribution in [2.24, 2.45) is 0 Å². The Hall–Kier alpha value is -3.07. The molecule has 0 saturated heterocycles. The number of thiophene rings is 1. The predicted octanol–water partition coefficient (Wildman–Crippen LogP) is 2.85. The van der Waals surface area contributed by atoms with Gasteiger partial charge < -0.3 is 10.1 Å². The van der Waals surface area contributed by atoms with Gasteiger partial charge in [0.1, 0.15) is 10.6 Å². The number of aryl methyl sites for hydroxylation is 1. The molecule has 0 fully saturated rings. The van der Waals surface area contributed by atoms with Crippen LogP contribution in [0.4, 0.5) is 5.00 Å². The average molecular weight is 385 g/mol. The van der Waals surface area contributed by atoms with Gasteiger partial charge >= 0.3 is 5.97 Å². The summed E-state index contributed by atoms with van der Waals surface area (Å²) in [5.41, 5.74) is 3.19. The molecule has 140 valence electrons. The summed E-state index contributed by atoms with van der Waals surface area (Å²) in [4.78, 5) is 24.8. The number of rotatable bonds is 7. The maximum Gasteiger partial charge on any atom is 0.341 e. The first-order chi connectivity index (χ1) is 13.1. The van der Waals surface area contributed by atoms with Crippen LogP contribution in [0.1, 0.15) is 35.6 Å². The Bertz CT molecular complexity index is 919. The van der Waals surface area contributed by atoms with E-state index >= 15 is 0 Å². The van der Waals surface area contributed by atoms with E-state index < -0.39 is 5.97 Å². The largest absolute Gasteiger partial charge is 0.462 e. The van der Waals surface area contributed by atoms with Crippen LogP contribution in [-0.4, -0.2) is 39.1 Å². The Kier molecular flexibility index (Phi) is 5.92. The maximum atomic E-state index is 12.5. The average Bonchev–Trinajstić information content (AvgIpc) is 3.32. The standard InChI is InChI=1S/C18H19N5O3S/c1-3-11-5-7-12(8-6-11)13-10-27-17(16(13)18(25)26-4-2)19-15(24)9-14-20-22-23-21-14/h5-8,10H,3-4,9H2,1-2H3,(H,19,24)(H,20,21,22,23). The van der Waals surface area contributed by atoms with Crippen LogP contribution in [0.2, 0.25) is 0 Å². The van der Waals surface area contributed by atoms with Crippen molar-refractivity contribution >= 4 is 28.2 Å². The molecule has 0 aliphatic carbocycles. The minimum atomic E-state index is -0.469. The third-order valence-corrected chi connectivity index (χ3v) is 4.80. The van der Waals surface area contributed by atoms with E-state index in [-0.39, 0.29) is 24.8 Å². The Morgan fingerprint density at radius 3 is 2.63 bits per heavy atom. The van der Waals surface area contributed by atoms with E-state index in [4.69, 9.17) is 4.74 Å². The molecule has 3 rings (SSSR count). The van der Waals surface area contributed by atoms with Gasteiger partial charge in [0.15, 0.2) is 5.82 Å². The van der Waals surface area contributed by atoms with Crippen molar-refractivity contribution in [3.63, 3.8) is 0 Å². The van der Waals surface area contributed by atoms with Crippen LogP contribution in [0, 0.1) is 0 Å². The van der Waals surface area contributed by atoms with Crippen LogP contribution in [0.5, 0.6) is 0 Å². The van der Waals surface area contributed by atoms with Crippen LogP contribution in [0.25, 0.3) is 11.1 Å². The summed E-state index contributed by atoms with van der Waals surface area (Å²) >= 11 is 1.28. The molecular formula is C18H19N5O3S. The summed E-state index contributed by atoms with van der Waals surface area (Å²) in [6.07, 6.45) is 0.892. The van der Waals surface area contributed by atoms with Crippen molar-refractivity contribution < 1.29 is 14.3 Å². The molecule has 2 aromatic heterocycles. The number of hydrogen-bond acceptors (Lipinski definition) is 7. The number of amides is 1. The molecule has 0 unspecified atom stereocenters. The normalized spacial score (nSPS) is 10.6. The van der Waals surface area contributed by atoms with Gasteiger partial charge in [-0.05, 0) is 24.5 Å². The molecule has 27 heavy (non-hydrogen) atoms. The molecule has 0 bridgehead atoms. The topological polar surface area (TPSA) is 110 Å². The van der Waals surface area contributed by atoms with Gasteiger partial charge in [0.2, 0.25) is 5.91 Å². The lowest BCUT2D eigenvalue weighted by molar-refractivity contribution is -0.115. The molecule has 0 spiro atoms. The molecule has 0 aliphatic rings. The third kappa shape index (κ3) is 4.37. The lowest BCUT2D eigenvalue weighted by Gasteiger charge is -2.09. The second kappa shape index (κ2) is 8.54. The molecule has 2 heterocycles. The first-order valence-corrected chi connectivity index (χ1v) is 9.40. The number of nitrogens with one attached hydrogen (secondary N) is 2. The number of anilines is 1. The number of aromatic nitrogens is 4. The van der Waals surface area contributed by atoms with Gasteiger partial charge in [-0.2, -0.15) is 5.21 Å². The van der Waals surface area contributed by atoms with Gasteiger partial charge in [0, 0.05) is 10.9 Å². The molecule has 1 aromatic carbocycles. The number of nitrogens with zero attached hydrogens (tertiary/aromatic N) is 3. The van der Waals surface area contributed by atoms with Gasteiger partial charge in [0.25, 0.3) is 0 Å². The molecular weight excluding hydrogens is 366 g/mol. The zero-order valence-corrected chi connectivity index (χ0v) is 15.8. The van der Waals surface area contributed by atoms with Crippen LogP contribution < -0.4 is 5.32 Å². The van der Waals surface area contributed by atoms with Crippen molar-refractivity contribution in [2.45, 2.75) is 26.7 Å². The molecule has 8 nitrogen and oxygen atoms in total. The molecule has 0 atom stereocenters. The lowest BCUT2D eigenvalue weighted by atomic mass is 10.0. The van der Waals surface area contributed by atoms with Gasteiger partial charge in [-0.15, -0.1) is 21.5 Å². The van der Waals surface area contributed by atoms with E-state index in [1.807, 2.05) is 29.6 Å². The molecule has 0 aliphatic heterocycles. The van der Waals surface area contributed by atoms with Crippen molar-refractivity contribution in [1.29, 1.82) is 0 Å². The van der Waals surface area contributed by atoms with Crippen molar-refractivity contribution in [3.8, 4) is 11.1 Å². The van der Waals surface area contributed by atoms with E-state index in [2.05, 4.69) is 32.9 Å². The number of benzene rings is 1. The Morgan fingerprint density at radius 2 is 2.00 bits per heavy atom. The summed E-state index contributed by atoms with van der Waals surface area (Å²) in [7, 11) is 0. The summed E-state index contributed by atoms with van der Waals surface area (Å²) < 4.78 is 5.20.